The highest BCUT2D eigenvalue weighted by molar-refractivity contribution is 5.95. The number of nitrogens with two attached hydrogens (primary N) is 1. The van der Waals surface area contributed by atoms with Crippen molar-refractivity contribution in [1.29, 1.82) is 0 Å². The van der Waals surface area contributed by atoms with Crippen LogP contribution in [-0.2, 0) is 28.8 Å². The van der Waals surface area contributed by atoms with Gasteiger partial charge in [-0.25, -0.2) is 4.79 Å². The molecule has 6 atom stereocenters. The molecule has 0 aliphatic rings. The van der Waals surface area contributed by atoms with Crippen LogP contribution in [0, 0.1) is 5.92 Å². The molecule has 0 fully saturated rings. The van der Waals surface area contributed by atoms with Gasteiger partial charge < -0.3 is 42.1 Å². The van der Waals surface area contributed by atoms with E-state index in [4.69, 9.17) is 15.9 Å². The zero-order chi connectivity index (χ0) is 25.9. The van der Waals surface area contributed by atoms with Crippen molar-refractivity contribution in [3.8, 4) is 0 Å². The first kappa shape index (κ1) is 29.7. The first-order valence-electron chi connectivity index (χ1n) is 10.2. The lowest BCUT2D eigenvalue weighted by Crippen LogP contribution is -2.61. The average Bonchev–Trinajstić information content (AvgIpc) is 2.70. The summed E-state index contributed by atoms with van der Waals surface area (Å²) in [7, 11) is 0. The van der Waals surface area contributed by atoms with Crippen LogP contribution in [0.2, 0.25) is 0 Å². The summed E-state index contributed by atoms with van der Waals surface area (Å²) in [6.45, 7) is 4.49. The Hall–Kier alpha value is -3.26. The fourth-order valence-electron chi connectivity index (χ4n) is 2.68. The van der Waals surface area contributed by atoms with Crippen molar-refractivity contribution in [3.63, 3.8) is 0 Å². The van der Waals surface area contributed by atoms with Gasteiger partial charge in [0, 0.05) is 6.42 Å². The topological polar surface area (TPSA) is 245 Å². The summed E-state index contributed by atoms with van der Waals surface area (Å²) in [6.07, 6.45) is -2.72. The molecular weight excluding hydrogens is 444 g/mol. The molecule has 0 spiro atoms. The Kier molecular flexibility index (Phi) is 12.6. The monoisotopic (exact) mass is 476 g/mol. The third-order valence-electron chi connectivity index (χ3n) is 4.85. The van der Waals surface area contributed by atoms with Crippen LogP contribution in [0.4, 0.5) is 0 Å². The van der Waals surface area contributed by atoms with Crippen LogP contribution >= 0.6 is 0 Å². The predicted molar refractivity (Wildman–Crippen MR) is 112 cm³/mol. The second-order valence-electron chi connectivity index (χ2n) is 7.63. The van der Waals surface area contributed by atoms with E-state index in [2.05, 4.69) is 16.0 Å². The van der Waals surface area contributed by atoms with E-state index >= 15 is 0 Å². The second kappa shape index (κ2) is 14.0. The molecule has 6 unspecified atom stereocenters. The van der Waals surface area contributed by atoms with Crippen LogP contribution in [0.25, 0.3) is 0 Å². The molecule has 14 heteroatoms. The average molecular weight is 476 g/mol. The molecule has 0 aromatic heterocycles. The fourth-order valence-corrected chi connectivity index (χ4v) is 2.68. The van der Waals surface area contributed by atoms with Crippen molar-refractivity contribution in [3.05, 3.63) is 0 Å². The van der Waals surface area contributed by atoms with Gasteiger partial charge in [0.25, 0.3) is 0 Å². The third kappa shape index (κ3) is 10.7. The number of carbonyl (C=O) groups is 6. The van der Waals surface area contributed by atoms with Gasteiger partial charge in [0.15, 0.2) is 0 Å². The van der Waals surface area contributed by atoms with Gasteiger partial charge in [-0.15, -0.1) is 0 Å². The maximum atomic E-state index is 12.8. The Labute approximate surface area is 189 Å². The summed E-state index contributed by atoms with van der Waals surface area (Å²) in [6, 6.07) is -5.87. The van der Waals surface area contributed by atoms with Crippen LogP contribution in [0.15, 0.2) is 0 Å². The molecule has 3 amide bonds. The van der Waals surface area contributed by atoms with E-state index in [0.717, 1.165) is 6.92 Å². The first-order valence-corrected chi connectivity index (χ1v) is 10.2. The van der Waals surface area contributed by atoms with Gasteiger partial charge in [-0.2, -0.15) is 0 Å². The van der Waals surface area contributed by atoms with Crippen molar-refractivity contribution >= 4 is 35.6 Å². The van der Waals surface area contributed by atoms with E-state index in [-0.39, 0.29) is 0 Å². The van der Waals surface area contributed by atoms with E-state index < -0.39 is 91.1 Å². The lowest BCUT2D eigenvalue weighted by atomic mass is 9.97. The van der Waals surface area contributed by atoms with Crippen LogP contribution in [0.5, 0.6) is 0 Å². The van der Waals surface area contributed by atoms with E-state index in [0.29, 0.717) is 6.42 Å². The molecule has 0 saturated carbocycles. The number of carboxylic acids is 3. The highest BCUT2D eigenvalue weighted by Gasteiger charge is 2.34. The van der Waals surface area contributed by atoms with Crippen molar-refractivity contribution in [2.24, 2.45) is 11.7 Å². The normalized spacial score (nSPS) is 16.3. The lowest BCUT2D eigenvalue weighted by molar-refractivity contribution is -0.144. The second-order valence-corrected chi connectivity index (χ2v) is 7.63. The Morgan fingerprint density at radius 3 is 1.76 bits per heavy atom. The van der Waals surface area contributed by atoms with Gasteiger partial charge >= 0.3 is 17.9 Å². The van der Waals surface area contributed by atoms with Crippen molar-refractivity contribution in [2.45, 2.75) is 76.7 Å². The summed E-state index contributed by atoms with van der Waals surface area (Å²) in [5.74, 6) is -7.45. The number of hydrogen-bond donors (Lipinski definition) is 8. The standard InChI is InChI=1S/C19H32N4O10/c1-4-8(2)14(22-16(29)10(20)7-13(27)28)17(30)23-15(9(3)24)18(31)21-11(19(32)33)5-6-12(25)26/h8-11,14-15,24H,4-7,20H2,1-3H3,(H,21,31)(H,22,29)(H,23,30)(H,25,26)(H,27,28)(H,32,33). The molecule has 188 valence electrons. The molecule has 0 aromatic rings. The van der Waals surface area contributed by atoms with Gasteiger partial charge in [0.05, 0.1) is 18.6 Å². The summed E-state index contributed by atoms with van der Waals surface area (Å²) in [5.41, 5.74) is 5.51. The molecule has 14 nitrogen and oxygen atoms in total. The van der Waals surface area contributed by atoms with E-state index in [1.165, 1.54) is 0 Å². The fraction of sp³-hybridized carbons (Fsp3) is 0.684. The van der Waals surface area contributed by atoms with Crippen molar-refractivity contribution < 1.29 is 49.2 Å². The van der Waals surface area contributed by atoms with E-state index in [1.807, 2.05) is 0 Å². The Morgan fingerprint density at radius 2 is 1.33 bits per heavy atom. The Balaban J connectivity index is 5.48. The van der Waals surface area contributed by atoms with E-state index in [1.54, 1.807) is 13.8 Å². The SMILES string of the molecule is CCC(C)C(NC(=O)C(N)CC(=O)O)C(=O)NC(C(=O)NC(CCC(=O)O)C(=O)O)C(C)O. The molecule has 0 aromatic carbocycles. The highest BCUT2D eigenvalue weighted by atomic mass is 16.4. The van der Waals surface area contributed by atoms with Crippen LogP contribution in [0.3, 0.4) is 0 Å². The molecule has 0 aliphatic heterocycles. The molecule has 0 aliphatic carbocycles. The quantitative estimate of drug-likeness (QED) is 0.124. The zero-order valence-corrected chi connectivity index (χ0v) is 18.6. The molecular formula is C19H32N4O10. The molecule has 0 rings (SSSR count). The number of amides is 3. The lowest BCUT2D eigenvalue weighted by Gasteiger charge is -2.28. The number of aliphatic hydroxyl groups is 1. The number of carboxylic acid groups (broad SMARTS) is 3. The summed E-state index contributed by atoms with van der Waals surface area (Å²) < 4.78 is 0. The molecule has 9 N–H and O–H groups in total. The van der Waals surface area contributed by atoms with E-state index in [9.17, 15) is 39.0 Å². The minimum atomic E-state index is -1.62. The van der Waals surface area contributed by atoms with Gasteiger partial charge in [-0.3, -0.25) is 24.0 Å². The number of aliphatic hydroxyl groups excluding tert-OH is 1. The third-order valence-corrected chi connectivity index (χ3v) is 4.85. The minimum Gasteiger partial charge on any atom is -0.481 e. The molecule has 0 heterocycles. The van der Waals surface area contributed by atoms with Gasteiger partial charge in [0.1, 0.15) is 18.1 Å². The molecule has 33 heavy (non-hydrogen) atoms. The summed E-state index contributed by atoms with van der Waals surface area (Å²) >= 11 is 0. The largest absolute Gasteiger partial charge is 0.481 e. The predicted octanol–water partition coefficient (Wildman–Crippen LogP) is -2.38. The number of rotatable bonds is 15. The van der Waals surface area contributed by atoms with Crippen LogP contribution in [-0.4, -0.2) is 86.3 Å². The summed E-state index contributed by atoms with van der Waals surface area (Å²) in [4.78, 5) is 70.3. The smallest absolute Gasteiger partial charge is 0.326 e. The number of hydrogen-bond acceptors (Lipinski definition) is 8. The summed E-state index contributed by atoms with van der Waals surface area (Å²) in [5, 5.41) is 43.3. The Morgan fingerprint density at radius 1 is 0.818 bits per heavy atom. The van der Waals surface area contributed by atoms with Crippen LogP contribution < -0.4 is 21.7 Å². The molecule has 0 saturated heterocycles. The zero-order valence-electron chi connectivity index (χ0n) is 18.6. The molecule has 0 radical (unpaired) electrons. The minimum absolute atomic E-state index is 0.397. The maximum Gasteiger partial charge on any atom is 0.326 e. The van der Waals surface area contributed by atoms with Gasteiger partial charge in [-0.1, -0.05) is 20.3 Å². The number of nitrogens with one attached hydrogen (secondary N) is 3. The first-order chi connectivity index (χ1) is 15.2. The number of aliphatic carboxylic acids is 3. The van der Waals surface area contributed by atoms with Gasteiger partial charge in [0.2, 0.25) is 17.7 Å². The van der Waals surface area contributed by atoms with Gasteiger partial charge in [-0.05, 0) is 19.3 Å². The van der Waals surface area contributed by atoms with Crippen molar-refractivity contribution in [1.82, 2.24) is 16.0 Å². The molecule has 0 bridgehead atoms. The number of carbonyl (C=O) groups excluding carboxylic acids is 3. The van der Waals surface area contributed by atoms with Crippen molar-refractivity contribution in [2.75, 3.05) is 0 Å². The highest BCUT2D eigenvalue weighted by Crippen LogP contribution is 2.10. The maximum absolute atomic E-state index is 12.8. The van der Waals surface area contributed by atoms with Crippen LogP contribution in [0.1, 0.15) is 46.5 Å². The Bertz CT molecular complexity index is 742.